The maximum absolute atomic E-state index is 7.12. The average molecular weight is 872 g/mol. The fourth-order valence-corrected chi connectivity index (χ4v) is 10.7. The summed E-state index contributed by atoms with van der Waals surface area (Å²) in [6.45, 7) is 2.27. The number of para-hydroxylation sites is 2. The Morgan fingerprint density at radius 2 is 1.10 bits per heavy atom. The van der Waals surface area contributed by atoms with E-state index in [9.17, 15) is 0 Å². The molecule has 0 fully saturated rings. The highest BCUT2D eigenvalue weighted by atomic mass is 16.3. The van der Waals surface area contributed by atoms with Crippen molar-refractivity contribution in [1.82, 2.24) is 4.57 Å². The second-order valence-corrected chi connectivity index (χ2v) is 18.1. The van der Waals surface area contributed by atoms with Crippen molar-refractivity contribution in [2.75, 3.05) is 0 Å². The number of fused-ring (bicyclic) bond motifs is 12. The molecule has 68 heavy (non-hydrogen) atoms. The van der Waals surface area contributed by atoms with Gasteiger partial charge >= 0.3 is 0 Å². The molecule has 0 aliphatic carbocycles. The van der Waals surface area contributed by atoms with Crippen molar-refractivity contribution < 1.29 is 8.83 Å². The van der Waals surface area contributed by atoms with Crippen LogP contribution in [0.1, 0.15) is 30.0 Å². The molecule has 1 unspecified atom stereocenters. The third-order valence-electron chi connectivity index (χ3n) is 14.1. The van der Waals surface area contributed by atoms with E-state index in [-0.39, 0.29) is 5.92 Å². The molecule has 4 heterocycles. The molecule has 0 saturated heterocycles. The highest BCUT2D eigenvalue weighted by Gasteiger charge is 2.26. The van der Waals surface area contributed by atoms with Gasteiger partial charge in [0.05, 0.1) is 28.1 Å². The zero-order chi connectivity index (χ0) is 44.9. The minimum atomic E-state index is 0.0770. The predicted octanol–water partition coefficient (Wildman–Crippen LogP) is 16.9. The molecule has 1 atom stereocenters. The van der Waals surface area contributed by atoms with Crippen LogP contribution < -0.4 is 0 Å². The fourth-order valence-electron chi connectivity index (χ4n) is 10.7. The molecule has 0 spiro atoms. The van der Waals surface area contributed by atoms with Crippen LogP contribution in [0.3, 0.4) is 0 Å². The number of rotatable bonds is 5. The largest absolute Gasteiger partial charge is 0.456 e. The molecular formula is C63H41N3O2. The minimum Gasteiger partial charge on any atom is -0.456 e. The van der Waals surface area contributed by atoms with Crippen LogP contribution in [0.25, 0.3) is 110 Å². The Morgan fingerprint density at radius 3 is 1.93 bits per heavy atom. The number of aromatic nitrogens is 1. The van der Waals surface area contributed by atoms with Crippen molar-refractivity contribution in [3.8, 4) is 16.8 Å². The van der Waals surface area contributed by atoms with Crippen molar-refractivity contribution in [3.05, 3.63) is 229 Å². The van der Waals surface area contributed by atoms with Crippen LogP contribution in [0, 0.1) is 5.92 Å². The minimum absolute atomic E-state index is 0.0770. The molecule has 0 bridgehead atoms. The normalized spacial score (nSPS) is 15.4. The van der Waals surface area contributed by atoms with Gasteiger partial charge in [-0.15, -0.1) is 0 Å². The smallest absolute Gasteiger partial charge is 0.160 e. The second-order valence-electron chi connectivity index (χ2n) is 18.1. The Kier molecular flexibility index (Phi) is 8.56. The van der Waals surface area contributed by atoms with Crippen molar-refractivity contribution in [2.24, 2.45) is 15.9 Å². The van der Waals surface area contributed by atoms with Crippen LogP contribution in [0.2, 0.25) is 0 Å². The summed E-state index contributed by atoms with van der Waals surface area (Å²) in [5.41, 5.74) is 13.7. The maximum atomic E-state index is 7.12. The molecule has 14 rings (SSSR count). The number of allylic oxidation sites excluding steroid dienone is 1. The highest BCUT2D eigenvalue weighted by Crippen LogP contribution is 2.43. The molecule has 0 N–H and O–H groups in total. The summed E-state index contributed by atoms with van der Waals surface area (Å²) in [5.74, 6) is 0.706. The average Bonchev–Trinajstić information content (AvgIpc) is 4.07. The molecule has 0 amide bonds. The molecule has 3 aromatic heterocycles. The van der Waals surface area contributed by atoms with E-state index in [1.54, 1.807) is 0 Å². The van der Waals surface area contributed by atoms with Gasteiger partial charge in [-0.2, -0.15) is 0 Å². The van der Waals surface area contributed by atoms with Gasteiger partial charge in [0.2, 0.25) is 0 Å². The summed E-state index contributed by atoms with van der Waals surface area (Å²) in [4.78, 5) is 11.3. The second kappa shape index (κ2) is 15.1. The molecular weight excluding hydrogens is 831 g/mol. The van der Waals surface area contributed by atoms with Crippen LogP contribution in [0.5, 0.6) is 0 Å². The van der Waals surface area contributed by atoms with E-state index in [1.807, 2.05) is 18.2 Å². The van der Waals surface area contributed by atoms with Gasteiger partial charge in [0.15, 0.2) is 11.4 Å². The van der Waals surface area contributed by atoms with Gasteiger partial charge in [-0.3, -0.25) is 0 Å². The van der Waals surface area contributed by atoms with Gasteiger partial charge in [-0.05, 0) is 93.9 Å². The van der Waals surface area contributed by atoms with Gasteiger partial charge in [0.25, 0.3) is 0 Å². The molecule has 5 heteroatoms. The van der Waals surface area contributed by atoms with E-state index in [2.05, 4.69) is 206 Å². The Hall–Kier alpha value is -8.80. The molecule has 1 aliphatic heterocycles. The van der Waals surface area contributed by atoms with Crippen molar-refractivity contribution in [2.45, 2.75) is 13.3 Å². The maximum Gasteiger partial charge on any atom is 0.160 e. The molecule has 13 aromatic rings. The molecule has 1 aliphatic rings. The SMILES string of the molecule is CC1C/C=C(\c2ccc3oc4ccccc4c3c2)N=C(c2ccc(-n3c4cc5ccccc5cc4c4ccc5ccccc5c43)c3oc4ccccc4c23)N=C1c1ccc(-c2ccccc2)cc1. The van der Waals surface area contributed by atoms with Gasteiger partial charge in [-0.25, -0.2) is 9.98 Å². The van der Waals surface area contributed by atoms with E-state index < -0.39 is 0 Å². The lowest BCUT2D eigenvalue weighted by Crippen LogP contribution is -2.17. The fraction of sp³-hybridized carbons (Fsp3) is 0.0476. The Bertz CT molecular complexity index is 4300. The van der Waals surface area contributed by atoms with Crippen molar-refractivity contribution in [1.29, 1.82) is 0 Å². The van der Waals surface area contributed by atoms with E-state index in [0.717, 1.165) is 95.1 Å². The van der Waals surface area contributed by atoms with Gasteiger partial charge in [0, 0.05) is 54.7 Å². The third kappa shape index (κ3) is 6.02. The van der Waals surface area contributed by atoms with Gasteiger partial charge in [0.1, 0.15) is 16.7 Å². The van der Waals surface area contributed by atoms with E-state index in [4.69, 9.17) is 18.8 Å². The van der Waals surface area contributed by atoms with E-state index in [0.29, 0.717) is 5.84 Å². The monoisotopic (exact) mass is 871 g/mol. The molecule has 320 valence electrons. The van der Waals surface area contributed by atoms with Crippen LogP contribution in [-0.4, -0.2) is 16.1 Å². The lowest BCUT2D eigenvalue weighted by Gasteiger charge is -2.19. The quantitative estimate of drug-likeness (QED) is 0.173. The number of furan rings is 2. The summed E-state index contributed by atoms with van der Waals surface area (Å²) in [6, 6.07) is 73.3. The van der Waals surface area contributed by atoms with Crippen molar-refractivity contribution >= 4 is 104 Å². The third-order valence-corrected chi connectivity index (χ3v) is 14.1. The van der Waals surface area contributed by atoms with E-state index in [1.165, 1.54) is 43.4 Å². The lowest BCUT2D eigenvalue weighted by atomic mass is 9.92. The zero-order valence-electron chi connectivity index (χ0n) is 37.1. The number of hydrogen-bond donors (Lipinski definition) is 0. The Balaban J connectivity index is 1.04. The molecule has 10 aromatic carbocycles. The molecule has 0 radical (unpaired) electrons. The summed E-state index contributed by atoms with van der Waals surface area (Å²) in [5, 5.41) is 11.3. The Labute approximate surface area is 391 Å². The van der Waals surface area contributed by atoms with Crippen LogP contribution in [0.15, 0.2) is 231 Å². The summed E-state index contributed by atoms with van der Waals surface area (Å²) in [6.07, 6.45) is 3.04. The number of amidine groups is 1. The zero-order valence-corrected chi connectivity index (χ0v) is 37.1. The van der Waals surface area contributed by atoms with Crippen LogP contribution in [-0.2, 0) is 0 Å². The first-order valence-corrected chi connectivity index (χ1v) is 23.4. The topological polar surface area (TPSA) is 55.9 Å². The number of nitrogens with zero attached hydrogens (tertiary/aromatic N) is 3. The lowest BCUT2D eigenvalue weighted by molar-refractivity contribution is 0.666. The van der Waals surface area contributed by atoms with Gasteiger partial charge in [-0.1, -0.05) is 165 Å². The highest BCUT2D eigenvalue weighted by molar-refractivity contribution is 6.26. The summed E-state index contributed by atoms with van der Waals surface area (Å²) >= 11 is 0. The number of hydrogen-bond acceptors (Lipinski definition) is 4. The van der Waals surface area contributed by atoms with Gasteiger partial charge < -0.3 is 13.4 Å². The Morgan fingerprint density at radius 1 is 0.456 bits per heavy atom. The van der Waals surface area contributed by atoms with E-state index >= 15 is 0 Å². The summed E-state index contributed by atoms with van der Waals surface area (Å²) < 4.78 is 15.8. The van der Waals surface area contributed by atoms with Crippen LogP contribution >= 0.6 is 0 Å². The predicted molar refractivity (Wildman–Crippen MR) is 284 cm³/mol. The first kappa shape index (κ1) is 38.5. The van der Waals surface area contributed by atoms with Crippen LogP contribution in [0.4, 0.5) is 0 Å². The molecule has 5 nitrogen and oxygen atoms in total. The van der Waals surface area contributed by atoms with Crippen molar-refractivity contribution in [3.63, 3.8) is 0 Å². The standard InChI is InChI=1S/C63H41N3O2/c1-38-23-32-53(45-29-34-58-52(36-45)47-19-9-11-21-56(47)67-58)64-63(65-60(38)42-26-24-40(25-27-42)39-13-3-2-4-14-39)50-31-33-54(62-59(50)49-20-10-12-22-57(49)68-62)66-55-37-44-17-6-5-16-43(44)35-51(55)48-30-28-41-15-7-8-18-46(41)61(48)66/h2-22,24-38H,23H2,1H3/b53-32+,64-63?,65-60?. The first-order chi connectivity index (χ1) is 33.6. The number of benzene rings is 10. The molecule has 0 saturated carbocycles. The first-order valence-electron chi connectivity index (χ1n) is 23.4. The summed E-state index contributed by atoms with van der Waals surface area (Å²) in [7, 11) is 0. The number of aliphatic imine (C=N–C) groups is 2.